The topological polar surface area (TPSA) is 158 Å². The molecule has 0 bridgehead atoms. The van der Waals surface area contributed by atoms with Gasteiger partial charge in [0.1, 0.15) is 0 Å². The van der Waals surface area contributed by atoms with Gasteiger partial charge in [-0.25, -0.2) is 19.7 Å². The van der Waals surface area contributed by atoms with E-state index in [1.807, 2.05) is 0 Å². The Bertz CT molecular complexity index is 1140. The molecule has 0 aromatic carbocycles. The molecule has 2 amide bonds. The van der Waals surface area contributed by atoms with Gasteiger partial charge < -0.3 is 44.0 Å². The average Bonchev–Trinajstić information content (AvgIpc) is 2.74. The smallest absolute Gasteiger partial charge is 0.271 e. The molecule has 0 unspecified atom stereocenters. The molecule has 186 valence electrons. The van der Waals surface area contributed by atoms with Crippen molar-refractivity contribution in [2.75, 3.05) is 24.6 Å². The van der Waals surface area contributed by atoms with Gasteiger partial charge in [-0.3, -0.25) is 9.59 Å². The molecule has 0 fully saturated rings. The van der Waals surface area contributed by atoms with E-state index in [-0.39, 0.29) is 88.6 Å². The number of hydrogen-bond donors (Lipinski definition) is 4. The van der Waals surface area contributed by atoms with E-state index >= 15 is 0 Å². The standard InChI is InChI=1S/2C10H11N4O2S.2Y/c2*1-6-8(11-3)9(16)14-10(13-6)17-5-4-12-7(2)15;;/h2*2,4-5H2,1H3,(H,12,15)(H,13,14,16);;/q2*-1;;. The van der Waals surface area contributed by atoms with Gasteiger partial charge in [0, 0.05) is 90.0 Å². The van der Waals surface area contributed by atoms with E-state index in [1.165, 1.54) is 23.5 Å². The number of amides is 2. The van der Waals surface area contributed by atoms with Crippen molar-refractivity contribution in [1.82, 2.24) is 30.6 Å². The maximum absolute atomic E-state index is 11.4. The van der Waals surface area contributed by atoms with Gasteiger partial charge in [-0.2, -0.15) is 0 Å². The van der Waals surface area contributed by atoms with Crippen LogP contribution in [-0.4, -0.2) is 56.3 Å². The van der Waals surface area contributed by atoms with Crippen LogP contribution in [0.4, 0.5) is 11.4 Å². The zero-order valence-corrected chi connectivity index (χ0v) is 26.9. The fraction of sp³-hybridized carbons (Fsp3) is 0.300. The van der Waals surface area contributed by atoms with Crippen LogP contribution >= 0.6 is 23.5 Å². The Balaban J connectivity index is 0. The Kier molecular flexibility index (Phi) is 19.7. The number of H-pyrrole nitrogens is 2. The van der Waals surface area contributed by atoms with Crippen LogP contribution in [0.1, 0.15) is 11.4 Å². The van der Waals surface area contributed by atoms with Crippen LogP contribution in [0, 0.1) is 40.8 Å². The van der Waals surface area contributed by atoms with Gasteiger partial charge in [0.05, 0.1) is 36.3 Å². The average molecular weight is 680 g/mol. The second-order valence-corrected chi connectivity index (χ2v) is 8.40. The summed E-state index contributed by atoms with van der Waals surface area (Å²) in [6.07, 6.45) is 0. The SMILES string of the molecule is [C-]#[N+]c1c(C)nc(SCCNC([CH2-])=O)[nH]c1=O.[C-]#[N+]c1c(C)nc(SCCNC([CH2-])=O)[nH]c1=O.[Y].[Y]. The van der Waals surface area contributed by atoms with Crippen LogP contribution in [0.15, 0.2) is 19.9 Å². The van der Waals surface area contributed by atoms with Gasteiger partial charge in [0.25, 0.3) is 22.5 Å². The summed E-state index contributed by atoms with van der Waals surface area (Å²) in [5.41, 5.74) is -0.0203. The van der Waals surface area contributed by atoms with Crippen molar-refractivity contribution in [3.05, 3.63) is 68.8 Å². The van der Waals surface area contributed by atoms with Gasteiger partial charge in [0.15, 0.2) is 10.3 Å². The van der Waals surface area contributed by atoms with Crippen molar-refractivity contribution >= 4 is 46.7 Å². The van der Waals surface area contributed by atoms with E-state index in [4.69, 9.17) is 13.1 Å². The van der Waals surface area contributed by atoms with Crippen LogP contribution in [0.3, 0.4) is 0 Å². The Labute approximate surface area is 267 Å². The Morgan fingerprint density at radius 3 is 1.42 bits per heavy atom. The molecular formula is C20H22N8O4S2Y2-2. The van der Waals surface area contributed by atoms with Gasteiger partial charge in [0.2, 0.25) is 0 Å². The zero-order chi connectivity index (χ0) is 25.7. The predicted octanol–water partition coefficient (Wildman–Crippen LogP) is 1.34. The molecule has 0 saturated carbocycles. The summed E-state index contributed by atoms with van der Waals surface area (Å²) in [5.74, 6) is 0.459. The normalized spacial score (nSPS) is 9.11. The number of hydrogen-bond acceptors (Lipinski definition) is 8. The maximum atomic E-state index is 11.4. The monoisotopic (exact) mass is 680 g/mol. The van der Waals surface area contributed by atoms with E-state index < -0.39 is 11.1 Å². The van der Waals surface area contributed by atoms with Crippen LogP contribution in [0.5, 0.6) is 0 Å². The molecule has 0 spiro atoms. The maximum Gasteiger partial charge on any atom is 0.271 e. The molecule has 2 aromatic rings. The van der Waals surface area contributed by atoms with Crippen molar-refractivity contribution < 1.29 is 75.0 Å². The van der Waals surface area contributed by atoms with Crippen molar-refractivity contribution in [3.8, 4) is 0 Å². The molecule has 12 nitrogen and oxygen atoms in total. The Morgan fingerprint density at radius 2 is 1.17 bits per heavy atom. The third-order valence-electron chi connectivity index (χ3n) is 3.64. The third-order valence-corrected chi connectivity index (χ3v) is 5.39. The predicted molar refractivity (Wildman–Crippen MR) is 130 cm³/mol. The first kappa shape index (κ1) is 36.5. The van der Waals surface area contributed by atoms with Gasteiger partial charge in [-0.05, 0) is 13.8 Å². The number of aryl methyl sites for hydroxylation is 2. The molecule has 0 saturated heterocycles. The molecule has 4 N–H and O–H groups in total. The molecule has 0 aliphatic rings. The first-order valence-corrected chi connectivity index (χ1v) is 11.5. The van der Waals surface area contributed by atoms with Crippen molar-refractivity contribution in [3.63, 3.8) is 0 Å². The second-order valence-electron chi connectivity index (χ2n) is 6.23. The summed E-state index contributed by atoms with van der Waals surface area (Å²) in [7, 11) is 0. The summed E-state index contributed by atoms with van der Waals surface area (Å²) in [6, 6.07) is 0. The van der Waals surface area contributed by atoms with Crippen LogP contribution in [-0.2, 0) is 75.0 Å². The molecule has 0 atom stereocenters. The summed E-state index contributed by atoms with van der Waals surface area (Å²) in [5, 5.41) is 5.94. The van der Waals surface area contributed by atoms with Crippen molar-refractivity contribution in [2.45, 2.75) is 24.2 Å². The van der Waals surface area contributed by atoms with Crippen LogP contribution in [0.25, 0.3) is 9.69 Å². The summed E-state index contributed by atoms with van der Waals surface area (Å²) < 4.78 is 0. The van der Waals surface area contributed by atoms with Gasteiger partial charge >= 0.3 is 0 Å². The number of rotatable bonds is 8. The Morgan fingerprint density at radius 1 is 0.833 bits per heavy atom. The molecule has 0 aliphatic carbocycles. The first-order valence-electron chi connectivity index (χ1n) is 9.51. The molecule has 0 aliphatic heterocycles. The minimum atomic E-state index is -0.434. The number of aromatic amines is 2. The number of thioether (sulfide) groups is 2. The van der Waals surface area contributed by atoms with Crippen molar-refractivity contribution in [1.29, 1.82) is 0 Å². The summed E-state index contributed by atoms with van der Waals surface area (Å²) in [6.45, 7) is 24.1. The van der Waals surface area contributed by atoms with Crippen LogP contribution < -0.4 is 21.8 Å². The molecule has 36 heavy (non-hydrogen) atoms. The van der Waals surface area contributed by atoms with Gasteiger partial charge in [-0.1, -0.05) is 23.5 Å². The van der Waals surface area contributed by atoms with E-state index in [9.17, 15) is 19.2 Å². The zero-order valence-electron chi connectivity index (χ0n) is 19.6. The summed E-state index contributed by atoms with van der Waals surface area (Å²) >= 11 is 2.60. The van der Waals surface area contributed by atoms with Gasteiger partial charge in [-0.15, -0.1) is 0 Å². The van der Waals surface area contributed by atoms with Crippen molar-refractivity contribution in [2.24, 2.45) is 0 Å². The van der Waals surface area contributed by atoms with E-state index in [0.29, 0.717) is 46.3 Å². The molecular weight excluding hydrogens is 658 g/mol. The number of aromatic nitrogens is 4. The minimum absolute atomic E-state index is 0. The quantitative estimate of drug-likeness (QED) is 0.141. The van der Waals surface area contributed by atoms with E-state index in [2.05, 4.69) is 54.1 Å². The largest absolute Gasteiger partial charge is 0.380 e. The molecule has 16 heteroatoms. The number of nitrogens with zero attached hydrogens (tertiary/aromatic N) is 4. The first-order chi connectivity index (χ1) is 16.1. The molecule has 2 heterocycles. The Hall–Kier alpha value is -1.67. The van der Waals surface area contributed by atoms with Crippen LogP contribution in [0.2, 0.25) is 0 Å². The van der Waals surface area contributed by atoms with E-state index in [1.54, 1.807) is 13.8 Å². The van der Waals surface area contributed by atoms with E-state index in [0.717, 1.165) is 0 Å². The third kappa shape index (κ3) is 13.6. The number of nitrogens with one attached hydrogen (secondary N) is 4. The second kappa shape index (κ2) is 19.4. The molecule has 2 aromatic heterocycles. The fourth-order valence-electron chi connectivity index (χ4n) is 2.18. The number of carbonyl (C=O) groups is 2. The number of carbonyl (C=O) groups excluding carboxylic acids is 2. The molecule has 2 rings (SSSR count). The minimum Gasteiger partial charge on any atom is -0.380 e. The summed E-state index contributed by atoms with van der Waals surface area (Å²) in [4.78, 5) is 63.3. The fourth-order valence-corrected chi connectivity index (χ4v) is 3.71. The molecule has 2 radical (unpaired) electrons.